The summed E-state index contributed by atoms with van der Waals surface area (Å²) in [5.41, 5.74) is -1.52. The van der Waals surface area contributed by atoms with Crippen molar-refractivity contribution in [1.29, 1.82) is 0 Å². The van der Waals surface area contributed by atoms with Crippen LogP contribution in [0.5, 0.6) is 0 Å². The van der Waals surface area contributed by atoms with Gasteiger partial charge in [-0.2, -0.15) is 0 Å². The number of benzene rings is 1. The van der Waals surface area contributed by atoms with Gasteiger partial charge in [0.15, 0.2) is 23.0 Å². The Morgan fingerprint density at radius 2 is 1.83 bits per heavy atom. The summed E-state index contributed by atoms with van der Waals surface area (Å²) in [5.74, 6) is -3.42. The average Bonchev–Trinajstić information content (AvgIpc) is 3.38. The van der Waals surface area contributed by atoms with Crippen LogP contribution in [0.15, 0.2) is 45.4 Å². The number of aromatic nitrogens is 5. The molecule has 1 fully saturated rings. The van der Waals surface area contributed by atoms with Gasteiger partial charge in [-0.15, -0.1) is 5.10 Å². The normalized spacial score (nSPS) is 18.0. The molecule has 5 rings (SSSR count). The molecule has 1 saturated carbocycles. The molecule has 1 N–H and O–H groups in total. The van der Waals surface area contributed by atoms with E-state index in [4.69, 9.17) is 0 Å². The fourth-order valence-electron chi connectivity index (χ4n) is 4.36. The molecule has 3 aromatic heterocycles. The van der Waals surface area contributed by atoms with Crippen molar-refractivity contribution in [3.05, 3.63) is 79.8 Å². The molecule has 3 heterocycles. The highest BCUT2D eigenvalue weighted by Gasteiger charge is 2.28. The topological polar surface area (TPSA) is 112 Å². The van der Waals surface area contributed by atoms with Crippen molar-refractivity contribution in [3.8, 4) is 5.69 Å². The van der Waals surface area contributed by atoms with E-state index in [1.807, 2.05) is 0 Å². The van der Waals surface area contributed by atoms with Gasteiger partial charge in [0.05, 0.1) is 17.3 Å². The number of carbonyl (C=O) groups is 1. The SMILES string of the molecule is O=C(N[C@H]1CC[C@@H](n2c(=O)c3cc(F)cnc3n(-c3ccc(F)c(F)c3)c2=O)CC1)c1csnn1. The first-order chi connectivity index (χ1) is 16.8. The summed E-state index contributed by atoms with van der Waals surface area (Å²) in [4.78, 5) is 42.9. The van der Waals surface area contributed by atoms with Crippen LogP contribution in [-0.4, -0.2) is 35.7 Å². The summed E-state index contributed by atoms with van der Waals surface area (Å²) < 4.78 is 47.1. The van der Waals surface area contributed by atoms with Crippen LogP contribution in [0.4, 0.5) is 13.2 Å². The summed E-state index contributed by atoms with van der Waals surface area (Å²) >= 11 is 1.06. The largest absolute Gasteiger partial charge is 0.348 e. The van der Waals surface area contributed by atoms with Crippen molar-refractivity contribution in [3.63, 3.8) is 0 Å². The van der Waals surface area contributed by atoms with Gasteiger partial charge in [-0.1, -0.05) is 4.49 Å². The van der Waals surface area contributed by atoms with Gasteiger partial charge in [0, 0.05) is 23.5 Å². The molecule has 1 aromatic carbocycles. The second-order valence-corrected chi connectivity index (χ2v) is 8.80. The van der Waals surface area contributed by atoms with Crippen LogP contribution >= 0.6 is 11.5 Å². The highest BCUT2D eigenvalue weighted by atomic mass is 32.1. The van der Waals surface area contributed by atoms with Crippen molar-refractivity contribution >= 4 is 28.5 Å². The molecule has 13 heteroatoms. The molecule has 0 unspecified atom stereocenters. The summed E-state index contributed by atoms with van der Waals surface area (Å²) in [6, 6.07) is 3.07. The number of halogens is 3. The van der Waals surface area contributed by atoms with Crippen molar-refractivity contribution in [2.45, 2.75) is 37.8 Å². The molecule has 0 radical (unpaired) electrons. The molecule has 35 heavy (non-hydrogen) atoms. The number of amides is 1. The number of nitrogens with zero attached hydrogens (tertiary/aromatic N) is 5. The Morgan fingerprint density at radius 1 is 1.06 bits per heavy atom. The molecular formula is C22H17F3N6O3S. The first-order valence-electron chi connectivity index (χ1n) is 10.7. The number of hydrogen-bond acceptors (Lipinski definition) is 7. The molecular weight excluding hydrogens is 485 g/mol. The third kappa shape index (κ3) is 4.22. The van der Waals surface area contributed by atoms with E-state index in [-0.39, 0.29) is 34.4 Å². The highest BCUT2D eigenvalue weighted by Crippen LogP contribution is 2.28. The fourth-order valence-corrected chi connectivity index (χ4v) is 4.80. The van der Waals surface area contributed by atoms with E-state index in [1.165, 1.54) is 11.4 Å². The van der Waals surface area contributed by atoms with Crippen LogP contribution in [0.25, 0.3) is 16.7 Å². The number of carbonyl (C=O) groups excluding carboxylic acids is 1. The molecule has 0 spiro atoms. The van der Waals surface area contributed by atoms with Gasteiger partial charge in [0.1, 0.15) is 5.82 Å². The van der Waals surface area contributed by atoms with E-state index in [9.17, 15) is 27.6 Å². The number of pyridine rings is 1. The first-order valence-corrected chi connectivity index (χ1v) is 11.5. The zero-order chi connectivity index (χ0) is 24.7. The van der Waals surface area contributed by atoms with Crippen LogP contribution < -0.4 is 16.6 Å². The molecule has 180 valence electrons. The Bertz CT molecular complexity index is 1540. The lowest BCUT2D eigenvalue weighted by atomic mass is 9.91. The van der Waals surface area contributed by atoms with E-state index in [2.05, 4.69) is 19.9 Å². The standard InChI is InChI=1S/C22H17F3N6O3S/c23-11-7-15-19(26-9-11)30(14-5-6-16(24)17(25)8-14)22(34)31(21(15)33)13-3-1-12(2-4-13)27-20(32)18-10-35-29-28-18/h5-10,12-13H,1-4H2,(H,27,32)/t12-,13+. The number of nitrogens with one attached hydrogen (secondary N) is 1. The maximum absolute atomic E-state index is 14.0. The van der Waals surface area contributed by atoms with Gasteiger partial charge in [-0.25, -0.2) is 27.5 Å². The third-order valence-electron chi connectivity index (χ3n) is 6.04. The Hall–Kier alpha value is -3.87. The molecule has 1 aliphatic carbocycles. The summed E-state index contributed by atoms with van der Waals surface area (Å²) in [6.07, 6.45) is 2.55. The molecule has 0 aliphatic heterocycles. The van der Waals surface area contributed by atoms with Gasteiger partial charge < -0.3 is 5.32 Å². The lowest BCUT2D eigenvalue weighted by Crippen LogP contribution is -2.45. The second-order valence-electron chi connectivity index (χ2n) is 8.19. The predicted molar refractivity (Wildman–Crippen MR) is 120 cm³/mol. The van der Waals surface area contributed by atoms with Crippen molar-refractivity contribution in [2.24, 2.45) is 0 Å². The first kappa shape index (κ1) is 22.9. The maximum atomic E-state index is 14.0. The highest BCUT2D eigenvalue weighted by molar-refractivity contribution is 7.03. The summed E-state index contributed by atoms with van der Waals surface area (Å²) in [6.45, 7) is 0. The molecule has 1 amide bonds. The Balaban J connectivity index is 1.52. The average molecular weight is 502 g/mol. The number of rotatable bonds is 4. The van der Waals surface area contributed by atoms with E-state index in [0.29, 0.717) is 25.7 Å². The number of hydrogen-bond donors (Lipinski definition) is 1. The minimum absolute atomic E-state index is 0.0513. The number of fused-ring (bicyclic) bond motifs is 1. The molecule has 1 aliphatic rings. The fraction of sp³-hybridized carbons (Fsp3) is 0.273. The molecule has 4 aromatic rings. The Kier molecular flexibility index (Phi) is 5.93. The quantitative estimate of drug-likeness (QED) is 0.459. The maximum Gasteiger partial charge on any atom is 0.337 e. The van der Waals surface area contributed by atoms with Gasteiger partial charge >= 0.3 is 5.69 Å². The van der Waals surface area contributed by atoms with E-state index < -0.39 is 34.7 Å². The molecule has 9 nitrogen and oxygen atoms in total. The lowest BCUT2D eigenvalue weighted by molar-refractivity contribution is 0.0917. The van der Waals surface area contributed by atoms with Gasteiger partial charge in [0.25, 0.3) is 11.5 Å². The smallest absolute Gasteiger partial charge is 0.337 e. The van der Waals surface area contributed by atoms with Crippen molar-refractivity contribution < 1.29 is 18.0 Å². The van der Waals surface area contributed by atoms with Crippen LogP contribution in [0.1, 0.15) is 42.2 Å². The van der Waals surface area contributed by atoms with Crippen LogP contribution in [0.2, 0.25) is 0 Å². The van der Waals surface area contributed by atoms with Crippen LogP contribution in [0.3, 0.4) is 0 Å². The summed E-state index contributed by atoms with van der Waals surface area (Å²) in [5, 5.41) is 7.97. The van der Waals surface area contributed by atoms with Crippen molar-refractivity contribution in [1.82, 2.24) is 29.0 Å². The van der Waals surface area contributed by atoms with Gasteiger partial charge in [-0.05, 0) is 55.4 Å². The zero-order valence-electron chi connectivity index (χ0n) is 18.0. The summed E-state index contributed by atoms with van der Waals surface area (Å²) in [7, 11) is 0. The predicted octanol–water partition coefficient (Wildman–Crippen LogP) is 2.73. The third-order valence-corrected chi connectivity index (χ3v) is 6.55. The van der Waals surface area contributed by atoms with E-state index in [0.717, 1.165) is 45.1 Å². The van der Waals surface area contributed by atoms with Crippen LogP contribution in [-0.2, 0) is 0 Å². The zero-order valence-corrected chi connectivity index (χ0v) is 18.8. The van der Waals surface area contributed by atoms with Crippen molar-refractivity contribution in [2.75, 3.05) is 0 Å². The minimum Gasteiger partial charge on any atom is -0.348 e. The van der Waals surface area contributed by atoms with Gasteiger partial charge in [-0.3, -0.25) is 14.2 Å². The Morgan fingerprint density at radius 3 is 2.51 bits per heavy atom. The minimum atomic E-state index is -1.19. The second kappa shape index (κ2) is 9.06. The Labute approximate surface area is 199 Å². The molecule has 0 saturated heterocycles. The van der Waals surface area contributed by atoms with Crippen LogP contribution in [0, 0.1) is 17.5 Å². The molecule has 0 atom stereocenters. The lowest BCUT2D eigenvalue weighted by Gasteiger charge is -2.30. The molecule has 0 bridgehead atoms. The monoisotopic (exact) mass is 502 g/mol. The van der Waals surface area contributed by atoms with Gasteiger partial charge in [0.2, 0.25) is 0 Å². The van der Waals surface area contributed by atoms with E-state index in [1.54, 1.807) is 0 Å². The van der Waals surface area contributed by atoms with E-state index >= 15 is 0 Å².